The molecule has 16 heavy (non-hydrogen) atoms. The third-order valence-corrected chi connectivity index (χ3v) is 4.91. The van der Waals surface area contributed by atoms with Crippen LogP contribution in [0.1, 0.15) is 38.2 Å². The molecule has 1 atom stereocenters. The summed E-state index contributed by atoms with van der Waals surface area (Å²) in [5, 5.41) is 1.05. The summed E-state index contributed by atoms with van der Waals surface area (Å²) in [4.78, 5) is 0. The predicted molar refractivity (Wildman–Crippen MR) is 71.4 cm³/mol. The average Bonchev–Trinajstić information content (AvgIpc) is 2.70. The van der Waals surface area contributed by atoms with Crippen molar-refractivity contribution in [1.82, 2.24) is 0 Å². The van der Waals surface area contributed by atoms with Crippen molar-refractivity contribution in [3.8, 4) is 0 Å². The molecule has 1 aliphatic rings. The molecule has 1 unspecified atom stereocenters. The Morgan fingerprint density at radius 2 is 1.88 bits per heavy atom. The van der Waals surface area contributed by atoms with Crippen LogP contribution in [0.15, 0.2) is 24.3 Å². The van der Waals surface area contributed by atoms with Crippen LogP contribution < -0.4 is 0 Å². The molecule has 0 N–H and O–H groups in total. The lowest BCUT2D eigenvalue weighted by Crippen LogP contribution is -2.26. The highest BCUT2D eigenvalue weighted by atomic mass is 35.5. The molecule has 0 aliphatic heterocycles. The first kappa shape index (κ1) is 12.3. The van der Waals surface area contributed by atoms with Crippen LogP contribution in [-0.2, 0) is 6.42 Å². The van der Waals surface area contributed by atoms with Crippen LogP contribution in [0.3, 0.4) is 0 Å². The van der Waals surface area contributed by atoms with E-state index in [-0.39, 0.29) is 5.38 Å². The zero-order valence-electron chi connectivity index (χ0n) is 9.68. The summed E-state index contributed by atoms with van der Waals surface area (Å²) in [5.41, 5.74) is 1.48. The molecule has 1 aliphatic carbocycles. The Morgan fingerprint density at radius 1 is 1.25 bits per heavy atom. The molecule has 0 spiro atoms. The molecule has 0 amide bonds. The SMILES string of the molecule is CC1(C(Cl)Cc2ccccc2Cl)CCCC1. The Labute approximate surface area is 108 Å². The Balaban J connectivity index is 2.07. The van der Waals surface area contributed by atoms with Crippen molar-refractivity contribution in [1.29, 1.82) is 0 Å². The van der Waals surface area contributed by atoms with Crippen molar-refractivity contribution in [3.63, 3.8) is 0 Å². The van der Waals surface area contributed by atoms with Gasteiger partial charge < -0.3 is 0 Å². The maximum atomic E-state index is 6.58. The molecule has 88 valence electrons. The van der Waals surface area contributed by atoms with Gasteiger partial charge in [-0.05, 0) is 36.3 Å². The van der Waals surface area contributed by atoms with Crippen molar-refractivity contribution in [2.75, 3.05) is 0 Å². The van der Waals surface area contributed by atoms with Crippen LogP contribution in [0.5, 0.6) is 0 Å². The van der Waals surface area contributed by atoms with Gasteiger partial charge in [-0.3, -0.25) is 0 Å². The van der Waals surface area contributed by atoms with Crippen LogP contribution in [0, 0.1) is 5.41 Å². The monoisotopic (exact) mass is 256 g/mol. The number of hydrogen-bond acceptors (Lipinski definition) is 0. The average molecular weight is 257 g/mol. The van der Waals surface area contributed by atoms with Crippen molar-refractivity contribution in [3.05, 3.63) is 34.9 Å². The van der Waals surface area contributed by atoms with Crippen molar-refractivity contribution in [2.24, 2.45) is 5.41 Å². The summed E-state index contributed by atoms with van der Waals surface area (Å²) >= 11 is 12.7. The van der Waals surface area contributed by atoms with Gasteiger partial charge in [-0.15, -0.1) is 11.6 Å². The Morgan fingerprint density at radius 3 is 2.50 bits per heavy atom. The van der Waals surface area contributed by atoms with E-state index in [0.717, 1.165) is 11.4 Å². The number of halogens is 2. The number of alkyl halides is 1. The molecule has 0 radical (unpaired) electrons. The van der Waals surface area contributed by atoms with Crippen LogP contribution in [0.2, 0.25) is 5.02 Å². The first-order valence-corrected chi connectivity index (χ1v) is 6.81. The van der Waals surface area contributed by atoms with Crippen LogP contribution in [0.25, 0.3) is 0 Å². The van der Waals surface area contributed by atoms with Crippen LogP contribution >= 0.6 is 23.2 Å². The summed E-state index contributed by atoms with van der Waals surface area (Å²) in [6.45, 7) is 2.31. The van der Waals surface area contributed by atoms with Gasteiger partial charge in [0.2, 0.25) is 0 Å². The second kappa shape index (κ2) is 4.98. The van der Waals surface area contributed by atoms with E-state index in [4.69, 9.17) is 23.2 Å². The highest BCUT2D eigenvalue weighted by Gasteiger charge is 2.35. The van der Waals surface area contributed by atoms with Crippen molar-refractivity contribution < 1.29 is 0 Å². The van der Waals surface area contributed by atoms with Gasteiger partial charge in [-0.25, -0.2) is 0 Å². The maximum Gasteiger partial charge on any atom is 0.0438 e. The first-order chi connectivity index (χ1) is 7.62. The summed E-state index contributed by atoms with van der Waals surface area (Å²) in [6, 6.07) is 8.02. The fourth-order valence-electron chi connectivity index (χ4n) is 2.60. The number of hydrogen-bond donors (Lipinski definition) is 0. The number of benzene rings is 1. The highest BCUT2D eigenvalue weighted by molar-refractivity contribution is 6.31. The second-order valence-electron chi connectivity index (χ2n) is 5.12. The Kier molecular flexibility index (Phi) is 3.81. The normalized spacial score (nSPS) is 20.9. The second-order valence-corrected chi connectivity index (χ2v) is 6.06. The third kappa shape index (κ3) is 2.55. The fraction of sp³-hybridized carbons (Fsp3) is 0.571. The van der Waals surface area contributed by atoms with Gasteiger partial charge in [0.05, 0.1) is 0 Å². The molecule has 0 aromatic heterocycles. The Hall–Kier alpha value is -0.200. The smallest absolute Gasteiger partial charge is 0.0438 e. The topological polar surface area (TPSA) is 0 Å². The third-order valence-electron chi connectivity index (χ3n) is 3.86. The fourth-order valence-corrected chi connectivity index (χ4v) is 3.20. The Bertz CT molecular complexity index is 354. The van der Waals surface area contributed by atoms with Crippen molar-refractivity contribution in [2.45, 2.75) is 44.4 Å². The molecule has 0 nitrogen and oxygen atoms in total. The molecule has 0 saturated heterocycles. The van der Waals surface area contributed by atoms with E-state index >= 15 is 0 Å². The molecule has 2 heteroatoms. The van der Waals surface area contributed by atoms with Crippen molar-refractivity contribution >= 4 is 23.2 Å². The quantitative estimate of drug-likeness (QED) is 0.663. The van der Waals surface area contributed by atoms with Gasteiger partial charge in [0.25, 0.3) is 0 Å². The van der Waals surface area contributed by atoms with Gasteiger partial charge in [-0.2, -0.15) is 0 Å². The molecule has 0 heterocycles. The molecular formula is C14H18Cl2. The summed E-state index contributed by atoms with van der Waals surface area (Å²) in [7, 11) is 0. The molecule has 1 fully saturated rings. The van der Waals surface area contributed by atoms with E-state index in [0.29, 0.717) is 5.41 Å². The standard InChI is InChI=1S/C14H18Cl2/c1-14(8-4-5-9-14)13(16)10-11-6-2-3-7-12(11)15/h2-3,6-7,13H,4-5,8-10H2,1H3. The minimum atomic E-state index is 0.204. The van der Waals surface area contributed by atoms with E-state index in [1.54, 1.807) is 0 Å². The molecule has 1 aromatic carbocycles. The minimum absolute atomic E-state index is 0.204. The van der Waals surface area contributed by atoms with Gasteiger partial charge in [-0.1, -0.05) is 49.6 Å². The maximum absolute atomic E-state index is 6.58. The summed E-state index contributed by atoms with van der Waals surface area (Å²) in [5.74, 6) is 0. The molecule has 1 aromatic rings. The van der Waals surface area contributed by atoms with E-state index in [1.165, 1.54) is 31.2 Å². The molecule has 1 saturated carbocycles. The van der Waals surface area contributed by atoms with Crippen LogP contribution in [-0.4, -0.2) is 5.38 Å². The summed E-state index contributed by atoms with van der Waals surface area (Å²) < 4.78 is 0. The lowest BCUT2D eigenvalue weighted by molar-refractivity contribution is 0.316. The van der Waals surface area contributed by atoms with E-state index in [2.05, 4.69) is 13.0 Å². The van der Waals surface area contributed by atoms with Gasteiger partial charge in [0.1, 0.15) is 0 Å². The number of rotatable bonds is 3. The first-order valence-electron chi connectivity index (χ1n) is 5.99. The predicted octanol–water partition coefficient (Wildman–Crippen LogP) is 5.07. The largest absolute Gasteiger partial charge is 0.122 e. The summed E-state index contributed by atoms with van der Waals surface area (Å²) in [6.07, 6.45) is 6.04. The molecule has 2 rings (SSSR count). The highest BCUT2D eigenvalue weighted by Crippen LogP contribution is 2.44. The van der Waals surface area contributed by atoms with E-state index in [9.17, 15) is 0 Å². The van der Waals surface area contributed by atoms with Gasteiger partial charge in [0, 0.05) is 10.4 Å². The molecular weight excluding hydrogens is 239 g/mol. The van der Waals surface area contributed by atoms with E-state index in [1.807, 2.05) is 18.2 Å². The van der Waals surface area contributed by atoms with Gasteiger partial charge >= 0.3 is 0 Å². The molecule has 0 bridgehead atoms. The van der Waals surface area contributed by atoms with E-state index < -0.39 is 0 Å². The zero-order valence-corrected chi connectivity index (χ0v) is 11.2. The zero-order chi connectivity index (χ0) is 11.6. The lowest BCUT2D eigenvalue weighted by Gasteiger charge is -2.29. The van der Waals surface area contributed by atoms with Crippen LogP contribution in [0.4, 0.5) is 0 Å². The van der Waals surface area contributed by atoms with Gasteiger partial charge in [0.15, 0.2) is 0 Å². The lowest BCUT2D eigenvalue weighted by atomic mass is 9.82. The minimum Gasteiger partial charge on any atom is -0.122 e.